The van der Waals surface area contributed by atoms with E-state index in [1.165, 1.54) is 148 Å². The highest BCUT2D eigenvalue weighted by molar-refractivity contribution is 5.99. The molecular formula is C50H58. The van der Waals surface area contributed by atoms with E-state index < -0.39 is 0 Å². The maximum atomic E-state index is 3.40. The standard InChI is InChI=1S/C50H58/c1-3-5-7-9-11-13-15-17-19-41-21-25-43(26-22-41)29-31-45-33-35-47-40-50-38-46(34-36-48(50)39-49(47)37-45)32-30-44-27-23-42(24-28-44)20-18-16-14-12-10-8-6-4-2/h21-28,33-40H,3-20H2,1-2H3. The maximum Gasteiger partial charge on any atom is 0.0255 e. The molecule has 0 nitrogen and oxygen atoms in total. The monoisotopic (exact) mass is 658 g/mol. The highest BCUT2D eigenvalue weighted by Crippen LogP contribution is 2.25. The van der Waals surface area contributed by atoms with E-state index in [1.54, 1.807) is 0 Å². The Balaban J connectivity index is 1.11. The van der Waals surface area contributed by atoms with Gasteiger partial charge >= 0.3 is 0 Å². The maximum absolute atomic E-state index is 3.40. The SMILES string of the molecule is CCCCCCCCCCc1ccc(C#Cc2ccc3cc4cc(C#Cc5ccc(CCCCCCCCCC)cc5)ccc4cc3c2)cc1. The van der Waals surface area contributed by atoms with Crippen molar-refractivity contribution in [1.29, 1.82) is 0 Å². The van der Waals surface area contributed by atoms with Crippen LogP contribution in [0.4, 0.5) is 0 Å². The predicted octanol–water partition coefficient (Wildman–Crippen LogP) is 14.2. The zero-order chi connectivity index (χ0) is 34.6. The molecule has 0 atom stereocenters. The normalized spacial score (nSPS) is 10.9. The van der Waals surface area contributed by atoms with Gasteiger partial charge in [-0.05, 0) is 119 Å². The molecule has 50 heavy (non-hydrogen) atoms. The molecule has 0 saturated heterocycles. The van der Waals surface area contributed by atoms with Gasteiger partial charge in [0.1, 0.15) is 0 Å². The third-order valence-corrected chi connectivity index (χ3v) is 10.0. The lowest BCUT2D eigenvalue weighted by atomic mass is 10.00. The molecule has 0 radical (unpaired) electrons. The van der Waals surface area contributed by atoms with Crippen molar-refractivity contribution in [2.75, 3.05) is 0 Å². The molecule has 0 aliphatic carbocycles. The van der Waals surface area contributed by atoms with Crippen molar-refractivity contribution in [2.24, 2.45) is 0 Å². The second-order valence-electron chi connectivity index (χ2n) is 14.3. The van der Waals surface area contributed by atoms with Gasteiger partial charge in [0.05, 0.1) is 0 Å². The lowest BCUT2D eigenvalue weighted by Gasteiger charge is -2.04. The largest absolute Gasteiger partial charge is 0.0654 e. The van der Waals surface area contributed by atoms with Crippen LogP contribution in [0.15, 0.2) is 97.1 Å². The first-order chi connectivity index (χ1) is 24.7. The first-order valence-corrected chi connectivity index (χ1v) is 19.9. The van der Waals surface area contributed by atoms with Gasteiger partial charge in [-0.1, -0.05) is 164 Å². The Labute approximate surface area is 304 Å². The van der Waals surface area contributed by atoms with Crippen LogP contribution >= 0.6 is 0 Å². The molecule has 0 amide bonds. The van der Waals surface area contributed by atoms with Crippen LogP contribution in [0.5, 0.6) is 0 Å². The van der Waals surface area contributed by atoms with Crippen LogP contribution in [0.3, 0.4) is 0 Å². The van der Waals surface area contributed by atoms with Crippen molar-refractivity contribution < 1.29 is 0 Å². The van der Waals surface area contributed by atoms with Gasteiger partial charge in [-0.15, -0.1) is 0 Å². The van der Waals surface area contributed by atoms with Gasteiger partial charge in [0, 0.05) is 22.3 Å². The highest BCUT2D eigenvalue weighted by atomic mass is 14.1. The minimum Gasteiger partial charge on any atom is -0.0654 e. The second kappa shape index (κ2) is 21.1. The summed E-state index contributed by atoms with van der Waals surface area (Å²) in [6.07, 6.45) is 24.2. The molecule has 0 aliphatic heterocycles. The highest BCUT2D eigenvalue weighted by Gasteiger charge is 2.02. The molecule has 5 aromatic carbocycles. The quantitative estimate of drug-likeness (QED) is 0.0499. The van der Waals surface area contributed by atoms with Gasteiger partial charge in [-0.2, -0.15) is 0 Å². The van der Waals surface area contributed by atoms with Crippen molar-refractivity contribution in [2.45, 2.75) is 129 Å². The molecule has 0 heteroatoms. The molecule has 0 aromatic heterocycles. The topological polar surface area (TPSA) is 0 Å². The third kappa shape index (κ3) is 12.6. The summed E-state index contributed by atoms with van der Waals surface area (Å²) in [7, 11) is 0. The third-order valence-electron chi connectivity index (χ3n) is 10.0. The molecule has 0 heterocycles. The van der Waals surface area contributed by atoms with Crippen LogP contribution in [-0.2, 0) is 12.8 Å². The fourth-order valence-electron chi connectivity index (χ4n) is 6.88. The summed E-state index contributed by atoms with van der Waals surface area (Å²) in [6.45, 7) is 4.57. The van der Waals surface area contributed by atoms with E-state index in [2.05, 4.69) is 135 Å². The Morgan fingerprint density at radius 1 is 0.300 bits per heavy atom. The van der Waals surface area contributed by atoms with Crippen LogP contribution in [0.1, 0.15) is 150 Å². The summed E-state index contributed by atoms with van der Waals surface area (Å²) in [5.41, 5.74) is 7.09. The summed E-state index contributed by atoms with van der Waals surface area (Å²) >= 11 is 0. The number of benzene rings is 5. The van der Waals surface area contributed by atoms with E-state index in [0.717, 1.165) is 22.3 Å². The number of rotatable bonds is 18. The molecule has 5 rings (SSSR count). The van der Waals surface area contributed by atoms with Gasteiger partial charge in [0.25, 0.3) is 0 Å². The van der Waals surface area contributed by atoms with Crippen LogP contribution in [0.2, 0.25) is 0 Å². The summed E-state index contributed by atoms with van der Waals surface area (Å²) in [4.78, 5) is 0. The van der Waals surface area contributed by atoms with E-state index >= 15 is 0 Å². The minimum absolute atomic E-state index is 1.05. The second-order valence-corrected chi connectivity index (χ2v) is 14.3. The molecule has 0 aliphatic rings. The van der Waals surface area contributed by atoms with Gasteiger partial charge < -0.3 is 0 Å². The number of hydrogen-bond donors (Lipinski definition) is 0. The van der Waals surface area contributed by atoms with Crippen molar-refractivity contribution >= 4 is 21.5 Å². The smallest absolute Gasteiger partial charge is 0.0255 e. The molecular weight excluding hydrogens is 601 g/mol. The number of fused-ring (bicyclic) bond motifs is 2. The Hall–Kier alpha value is -4.26. The Morgan fingerprint density at radius 2 is 0.620 bits per heavy atom. The zero-order valence-electron chi connectivity index (χ0n) is 31.0. The zero-order valence-corrected chi connectivity index (χ0v) is 31.0. The molecule has 0 bridgehead atoms. The molecule has 0 saturated carbocycles. The first-order valence-electron chi connectivity index (χ1n) is 19.9. The van der Waals surface area contributed by atoms with Crippen molar-refractivity contribution in [3.8, 4) is 23.7 Å². The lowest BCUT2D eigenvalue weighted by molar-refractivity contribution is 0.575. The molecule has 0 unspecified atom stereocenters. The minimum atomic E-state index is 1.05. The first kappa shape index (κ1) is 37.0. The van der Waals surface area contributed by atoms with E-state index in [1.807, 2.05) is 0 Å². The van der Waals surface area contributed by atoms with E-state index in [4.69, 9.17) is 0 Å². The average molecular weight is 659 g/mol. The fourth-order valence-corrected chi connectivity index (χ4v) is 6.88. The lowest BCUT2D eigenvalue weighted by Crippen LogP contribution is -1.87. The Kier molecular flexibility index (Phi) is 15.6. The summed E-state index contributed by atoms with van der Waals surface area (Å²) in [6, 6.07) is 35.4. The average Bonchev–Trinajstić information content (AvgIpc) is 3.15. The molecule has 0 spiro atoms. The van der Waals surface area contributed by atoms with Crippen molar-refractivity contribution in [3.05, 3.63) is 130 Å². The number of unbranched alkanes of at least 4 members (excludes halogenated alkanes) is 14. The van der Waals surface area contributed by atoms with Gasteiger partial charge in [0.2, 0.25) is 0 Å². The van der Waals surface area contributed by atoms with Crippen LogP contribution in [-0.4, -0.2) is 0 Å². The van der Waals surface area contributed by atoms with Crippen LogP contribution < -0.4 is 0 Å². The summed E-state index contributed by atoms with van der Waals surface area (Å²) in [5.74, 6) is 13.6. The van der Waals surface area contributed by atoms with Crippen LogP contribution in [0, 0.1) is 23.7 Å². The predicted molar refractivity (Wildman–Crippen MR) is 219 cm³/mol. The summed E-state index contributed by atoms with van der Waals surface area (Å²) < 4.78 is 0. The Morgan fingerprint density at radius 3 is 1.00 bits per heavy atom. The molecule has 258 valence electrons. The van der Waals surface area contributed by atoms with Gasteiger partial charge in [-0.25, -0.2) is 0 Å². The van der Waals surface area contributed by atoms with Gasteiger partial charge in [-0.3, -0.25) is 0 Å². The van der Waals surface area contributed by atoms with Gasteiger partial charge in [0.15, 0.2) is 0 Å². The number of hydrogen-bond acceptors (Lipinski definition) is 0. The number of aryl methyl sites for hydroxylation is 2. The van der Waals surface area contributed by atoms with Crippen molar-refractivity contribution in [1.82, 2.24) is 0 Å². The van der Waals surface area contributed by atoms with Crippen molar-refractivity contribution in [3.63, 3.8) is 0 Å². The van der Waals surface area contributed by atoms with E-state index in [0.29, 0.717) is 0 Å². The fraction of sp³-hybridized carbons (Fsp3) is 0.400. The molecule has 5 aromatic rings. The van der Waals surface area contributed by atoms with Crippen LogP contribution in [0.25, 0.3) is 21.5 Å². The molecule has 0 N–H and O–H groups in total. The molecule has 0 fully saturated rings. The van der Waals surface area contributed by atoms with E-state index in [9.17, 15) is 0 Å². The Bertz CT molecular complexity index is 1720. The summed E-state index contributed by atoms with van der Waals surface area (Å²) in [5, 5.41) is 4.89. The van der Waals surface area contributed by atoms with E-state index in [-0.39, 0.29) is 0 Å².